The van der Waals surface area contributed by atoms with Crippen molar-refractivity contribution in [2.45, 2.75) is 6.92 Å². The van der Waals surface area contributed by atoms with Crippen LogP contribution in [0.4, 0.5) is 0 Å². The summed E-state index contributed by atoms with van der Waals surface area (Å²) in [6.45, 7) is 2.08. The fourth-order valence-electron chi connectivity index (χ4n) is 0.589. The van der Waals surface area contributed by atoms with Gasteiger partial charge < -0.3 is 9.79 Å². The van der Waals surface area contributed by atoms with Gasteiger partial charge in [-0.15, -0.1) is 0 Å². The zero-order chi connectivity index (χ0) is 11.0. The van der Waals surface area contributed by atoms with Crippen LogP contribution in [0.15, 0.2) is 30.3 Å². The first-order valence-corrected chi connectivity index (χ1v) is 5.70. The summed E-state index contributed by atoms with van der Waals surface area (Å²) in [5.74, 6) is 0. The fourth-order valence-corrected chi connectivity index (χ4v) is 1.02. The Morgan fingerprint density at radius 3 is 1.60 bits per heavy atom. The van der Waals surface area contributed by atoms with Crippen LogP contribution in [0.2, 0.25) is 0 Å². The van der Waals surface area contributed by atoms with Crippen molar-refractivity contribution in [3.05, 3.63) is 35.9 Å². The molecule has 0 saturated carbocycles. The summed E-state index contributed by atoms with van der Waals surface area (Å²) in [6, 6.07) is 10.3. The first-order chi connectivity index (χ1) is 6.52. The summed E-state index contributed by atoms with van der Waals surface area (Å²) in [4.78, 5) is 18.5. The van der Waals surface area contributed by atoms with Gasteiger partial charge in [-0.3, -0.25) is 0 Å². The van der Waals surface area contributed by atoms with Crippen LogP contribution in [-0.4, -0.2) is 10.1 Å². The first kappa shape index (κ1) is 16.9. The van der Waals surface area contributed by atoms with Crippen molar-refractivity contribution in [3.63, 3.8) is 0 Å². The molecule has 0 spiro atoms. The van der Waals surface area contributed by atoms with Crippen molar-refractivity contribution in [3.8, 4) is 0 Å². The summed E-state index contributed by atoms with van der Waals surface area (Å²) in [6.07, 6.45) is 0. The Kier molecular flexibility index (Phi) is 11.3. The van der Waals surface area contributed by atoms with Crippen molar-refractivity contribution >= 4 is 26.6 Å². The van der Waals surface area contributed by atoms with Crippen LogP contribution in [0.1, 0.15) is 5.56 Å². The maximum Gasteiger partial charge on any atom is 2.00 e. The standard InChI is InChI=1S/C7H8.Be.O5P2/c1-7-5-3-2-4-6-7;;1-6(2)5-7(3)4/h2-6H,1H3;;/q;+2;. The van der Waals surface area contributed by atoms with Gasteiger partial charge in [0.25, 0.3) is 0 Å². The Morgan fingerprint density at radius 1 is 1.07 bits per heavy atom. The fraction of sp³-hybridized carbons (Fsp3) is 0.143. The van der Waals surface area contributed by atoms with Gasteiger partial charge in [-0.2, -0.15) is 0 Å². The second-order valence-corrected chi connectivity index (χ2v) is 3.73. The van der Waals surface area contributed by atoms with Gasteiger partial charge in [-0.05, 0) is 16.1 Å². The van der Waals surface area contributed by atoms with Gasteiger partial charge in [0.15, 0.2) is 0 Å². The van der Waals surface area contributed by atoms with E-state index in [4.69, 9.17) is 0 Å². The molecule has 0 aliphatic heterocycles. The molecule has 0 radical (unpaired) electrons. The summed E-state index contributed by atoms with van der Waals surface area (Å²) in [7, 11) is -6.47. The third-order valence-electron chi connectivity index (χ3n) is 1.07. The molecule has 1 aromatic carbocycles. The van der Waals surface area contributed by atoms with E-state index in [0.717, 1.165) is 0 Å². The zero-order valence-corrected chi connectivity index (χ0v) is 9.82. The topological polar surface area (TPSA) is 89.5 Å². The quantitative estimate of drug-likeness (QED) is 0.562. The number of hydrogen-bond acceptors (Lipinski definition) is 5. The zero-order valence-electron chi connectivity index (χ0n) is 8.03. The van der Waals surface area contributed by atoms with E-state index in [1.807, 2.05) is 18.2 Å². The minimum atomic E-state index is -3.24. The second kappa shape index (κ2) is 10.0. The van der Waals surface area contributed by atoms with E-state index in [2.05, 4.69) is 23.4 Å². The van der Waals surface area contributed by atoms with E-state index in [-0.39, 0.29) is 10.1 Å². The predicted octanol–water partition coefficient (Wildman–Crippen LogP) is 0.653. The largest absolute Gasteiger partial charge is 2.00 e. The van der Waals surface area contributed by atoms with Crippen LogP contribution >= 0.6 is 16.5 Å². The Balaban J connectivity index is 0. The molecule has 0 amide bonds. The second-order valence-electron chi connectivity index (χ2n) is 2.18. The molecule has 0 saturated heterocycles. The third kappa shape index (κ3) is 13.5. The van der Waals surface area contributed by atoms with Crippen LogP contribution < -0.4 is 9.79 Å². The number of hydrogen-bond donors (Lipinski definition) is 0. The molecule has 1 rings (SSSR count). The van der Waals surface area contributed by atoms with Gasteiger partial charge in [-0.1, -0.05) is 35.9 Å². The molecule has 1 aromatic rings. The first-order valence-electron chi connectivity index (χ1n) is 3.51. The molecule has 0 heterocycles. The Hall–Kier alpha value is -0.531. The van der Waals surface area contributed by atoms with Gasteiger partial charge >= 0.3 is 26.6 Å². The summed E-state index contributed by atoms with van der Waals surface area (Å²) in [5, 5.41) is 0. The minimum absolute atomic E-state index is 0. The number of rotatable bonds is 2. The van der Waals surface area contributed by atoms with E-state index >= 15 is 0 Å². The van der Waals surface area contributed by atoms with Gasteiger partial charge in [0.05, 0.1) is 0 Å². The van der Waals surface area contributed by atoms with E-state index in [1.54, 1.807) is 0 Å². The molecule has 76 valence electrons. The van der Waals surface area contributed by atoms with Crippen molar-refractivity contribution < 1.29 is 23.2 Å². The minimum Gasteiger partial charge on any atom is -0.563 e. The average molecular weight is 243 g/mol. The van der Waals surface area contributed by atoms with E-state index in [0.29, 0.717) is 0 Å². The van der Waals surface area contributed by atoms with Gasteiger partial charge in [0, 0.05) is 0 Å². The monoisotopic (exact) mass is 243 g/mol. The maximum atomic E-state index is 9.24. The summed E-state index contributed by atoms with van der Waals surface area (Å²) in [5.41, 5.74) is 1.32. The van der Waals surface area contributed by atoms with Crippen LogP contribution in [0.3, 0.4) is 0 Å². The molecule has 0 aromatic heterocycles. The molecule has 15 heavy (non-hydrogen) atoms. The molecule has 8 heteroatoms. The molecular weight excluding hydrogens is 235 g/mol. The van der Waals surface area contributed by atoms with Crippen LogP contribution in [0.5, 0.6) is 0 Å². The SMILES string of the molecule is Cc1ccccc1.O=[P+]([O-])O[P+](=O)[O-].[Be+2]. The molecular formula is C7H8BeO5P2+2. The summed E-state index contributed by atoms with van der Waals surface area (Å²) < 4.78 is 21.6. The molecule has 0 aliphatic carbocycles. The van der Waals surface area contributed by atoms with Crippen molar-refractivity contribution in [2.75, 3.05) is 0 Å². The third-order valence-corrected chi connectivity index (χ3v) is 2.14. The maximum absolute atomic E-state index is 9.24. The normalized spacial score (nSPS) is 10.3. The van der Waals surface area contributed by atoms with Gasteiger partial charge in [-0.25, -0.2) is 0 Å². The van der Waals surface area contributed by atoms with E-state index < -0.39 is 16.5 Å². The Morgan fingerprint density at radius 2 is 1.47 bits per heavy atom. The summed E-state index contributed by atoms with van der Waals surface area (Å²) >= 11 is 0. The Bertz CT molecular complexity index is 294. The molecule has 0 N–H and O–H groups in total. The molecule has 5 nitrogen and oxygen atoms in total. The van der Waals surface area contributed by atoms with Crippen LogP contribution in [-0.2, 0) is 13.4 Å². The smallest absolute Gasteiger partial charge is 0.563 e. The van der Waals surface area contributed by atoms with Gasteiger partial charge in [0.2, 0.25) is 0 Å². The molecule has 0 aliphatic rings. The van der Waals surface area contributed by atoms with Crippen molar-refractivity contribution in [1.82, 2.24) is 0 Å². The Labute approximate surface area is 93.2 Å². The molecule has 0 bridgehead atoms. The van der Waals surface area contributed by atoms with E-state index in [9.17, 15) is 18.9 Å². The van der Waals surface area contributed by atoms with E-state index in [1.165, 1.54) is 5.56 Å². The van der Waals surface area contributed by atoms with Crippen LogP contribution in [0, 0.1) is 6.92 Å². The predicted molar refractivity (Wildman–Crippen MR) is 53.2 cm³/mol. The molecule has 2 atom stereocenters. The number of aryl methyl sites for hydroxylation is 1. The van der Waals surface area contributed by atoms with Gasteiger partial charge in [0.1, 0.15) is 4.31 Å². The molecule has 0 fully saturated rings. The van der Waals surface area contributed by atoms with Crippen molar-refractivity contribution in [2.24, 2.45) is 0 Å². The number of benzene rings is 1. The van der Waals surface area contributed by atoms with Crippen molar-refractivity contribution in [1.29, 1.82) is 0 Å². The van der Waals surface area contributed by atoms with Crippen LogP contribution in [0.25, 0.3) is 0 Å². The average Bonchev–Trinajstić information content (AvgIpc) is 2.03. The molecule has 2 unspecified atom stereocenters.